The van der Waals surface area contributed by atoms with Gasteiger partial charge in [-0.05, 0) is 48.4 Å². The van der Waals surface area contributed by atoms with Gasteiger partial charge in [0.2, 0.25) is 0 Å². The van der Waals surface area contributed by atoms with Crippen LogP contribution in [0.2, 0.25) is 0 Å². The fourth-order valence-corrected chi connectivity index (χ4v) is 2.31. The number of allylic oxidation sites excluding steroid dienone is 3. The van der Waals surface area contributed by atoms with E-state index in [4.69, 9.17) is 4.42 Å². The highest BCUT2D eigenvalue weighted by atomic mass is 16.3. The first-order valence-electron chi connectivity index (χ1n) is 7.26. The normalized spacial score (nSPS) is 15.3. The van der Waals surface area contributed by atoms with Gasteiger partial charge in [-0.2, -0.15) is 0 Å². The number of carbonyl (C=O) groups excluding carboxylic acids is 2. The zero-order valence-electron chi connectivity index (χ0n) is 12.4. The van der Waals surface area contributed by atoms with Gasteiger partial charge in [0.25, 0.3) is 11.8 Å². The highest BCUT2D eigenvalue weighted by Crippen LogP contribution is 2.23. The van der Waals surface area contributed by atoms with Gasteiger partial charge in [0, 0.05) is 11.1 Å². The lowest BCUT2D eigenvalue weighted by molar-refractivity contribution is -0.116. The average molecular weight is 305 g/mol. The van der Waals surface area contributed by atoms with Crippen LogP contribution in [0, 0.1) is 0 Å². The largest absolute Gasteiger partial charge is 0.465 e. The molecule has 1 aromatic carbocycles. The Morgan fingerprint density at radius 3 is 2.61 bits per heavy atom. The number of rotatable bonds is 3. The second kappa shape index (κ2) is 6.75. The van der Waals surface area contributed by atoms with Gasteiger partial charge < -0.3 is 4.42 Å². The van der Waals surface area contributed by atoms with Crippen LogP contribution in [0.5, 0.6) is 0 Å². The molecule has 1 aliphatic carbocycles. The van der Waals surface area contributed by atoms with E-state index in [0.717, 1.165) is 5.57 Å². The van der Waals surface area contributed by atoms with Gasteiger partial charge in [0.1, 0.15) is 5.76 Å². The minimum atomic E-state index is -0.416. The van der Waals surface area contributed by atoms with Crippen LogP contribution in [0.25, 0.3) is 6.08 Å². The maximum absolute atomic E-state index is 12.4. The van der Waals surface area contributed by atoms with Crippen molar-refractivity contribution in [1.82, 2.24) is 5.32 Å². The second-order valence-electron chi connectivity index (χ2n) is 5.05. The lowest BCUT2D eigenvalue weighted by Crippen LogP contribution is -2.32. The summed E-state index contributed by atoms with van der Waals surface area (Å²) in [6, 6.07) is 12.3. The molecule has 0 bridgehead atoms. The van der Waals surface area contributed by atoms with Crippen LogP contribution in [0.1, 0.15) is 22.5 Å². The highest BCUT2D eigenvalue weighted by molar-refractivity contribution is 6.12. The number of nitrogens with one attached hydrogen (secondary N) is 1. The Hall–Kier alpha value is -3.14. The molecule has 4 nitrogen and oxygen atoms in total. The minimum Gasteiger partial charge on any atom is -0.465 e. The van der Waals surface area contributed by atoms with Crippen LogP contribution in [-0.2, 0) is 4.79 Å². The summed E-state index contributed by atoms with van der Waals surface area (Å²) in [5.41, 5.74) is 1.72. The first-order valence-corrected chi connectivity index (χ1v) is 7.26. The molecule has 2 aromatic rings. The number of imide groups is 1. The fraction of sp³-hybridized carbons (Fsp3) is 0.0526. The van der Waals surface area contributed by atoms with Gasteiger partial charge in [-0.15, -0.1) is 0 Å². The molecule has 0 saturated heterocycles. The van der Waals surface area contributed by atoms with Gasteiger partial charge in [-0.3, -0.25) is 14.9 Å². The van der Waals surface area contributed by atoms with Gasteiger partial charge in [0.15, 0.2) is 0 Å². The molecule has 0 atom stereocenters. The minimum absolute atomic E-state index is 0.414. The summed E-state index contributed by atoms with van der Waals surface area (Å²) in [6.07, 6.45) is 9.45. The van der Waals surface area contributed by atoms with Crippen LogP contribution >= 0.6 is 0 Å². The molecule has 0 aliphatic heterocycles. The van der Waals surface area contributed by atoms with Crippen molar-refractivity contribution < 1.29 is 14.0 Å². The molecular weight excluding hydrogens is 290 g/mol. The summed E-state index contributed by atoms with van der Waals surface area (Å²) in [7, 11) is 0. The number of amides is 2. The molecule has 1 aromatic heterocycles. The molecule has 1 N–H and O–H groups in total. The van der Waals surface area contributed by atoms with Crippen molar-refractivity contribution >= 4 is 17.9 Å². The van der Waals surface area contributed by atoms with Gasteiger partial charge in [-0.25, -0.2) is 0 Å². The molecule has 1 heterocycles. The molecule has 0 unspecified atom stereocenters. The Morgan fingerprint density at radius 1 is 1.04 bits per heavy atom. The van der Waals surface area contributed by atoms with Gasteiger partial charge >= 0.3 is 0 Å². The van der Waals surface area contributed by atoms with E-state index < -0.39 is 11.8 Å². The summed E-state index contributed by atoms with van der Waals surface area (Å²) >= 11 is 0. The molecule has 114 valence electrons. The third-order valence-electron chi connectivity index (χ3n) is 3.45. The quantitative estimate of drug-likeness (QED) is 0.883. The van der Waals surface area contributed by atoms with E-state index in [9.17, 15) is 9.59 Å². The molecule has 3 rings (SSSR count). The van der Waals surface area contributed by atoms with Crippen molar-refractivity contribution in [3.8, 4) is 0 Å². The van der Waals surface area contributed by atoms with Crippen molar-refractivity contribution in [2.45, 2.75) is 6.42 Å². The van der Waals surface area contributed by atoms with Crippen LogP contribution in [-0.4, -0.2) is 11.8 Å². The summed E-state index contributed by atoms with van der Waals surface area (Å²) < 4.78 is 5.29. The van der Waals surface area contributed by atoms with E-state index in [-0.39, 0.29) is 0 Å². The molecular formula is C19H15NO3. The molecule has 0 saturated carbocycles. The smallest absolute Gasteiger partial charge is 0.258 e. The summed E-state index contributed by atoms with van der Waals surface area (Å²) in [6.45, 7) is 0. The third kappa shape index (κ3) is 3.55. The predicted molar refractivity (Wildman–Crippen MR) is 87.4 cm³/mol. The monoisotopic (exact) mass is 305 g/mol. The summed E-state index contributed by atoms with van der Waals surface area (Å²) in [5.74, 6) is -0.159. The van der Waals surface area contributed by atoms with Crippen molar-refractivity contribution in [1.29, 1.82) is 0 Å². The third-order valence-corrected chi connectivity index (χ3v) is 3.45. The standard InChI is InChI=1S/C19H15NO3/c21-18(14-7-2-1-3-8-14)20-19(22)17-11-5-4-9-15(17)13-16-10-6-12-23-16/h1-8,10-13H,9H2,(H,20,21,22). The van der Waals surface area contributed by atoms with E-state index in [1.54, 1.807) is 48.7 Å². The maximum atomic E-state index is 12.4. The summed E-state index contributed by atoms with van der Waals surface area (Å²) in [4.78, 5) is 24.5. The Morgan fingerprint density at radius 2 is 1.87 bits per heavy atom. The number of hydrogen-bond acceptors (Lipinski definition) is 3. The van der Waals surface area contributed by atoms with Crippen LogP contribution in [0.4, 0.5) is 0 Å². The van der Waals surface area contributed by atoms with E-state index in [0.29, 0.717) is 23.3 Å². The van der Waals surface area contributed by atoms with Crippen LogP contribution < -0.4 is 5.32 Å². The first kappa shape index (κ1) is 14.8. The maximum Gasteiger partial charge on any atom is 0.258 e. The van der Waals surface area contributed by atoms with Crippen LogP contribution in [0.3, 0.4) is 0 Å². The topological polar surface area (TPSA) is 59.3 Å². The highest BCUT2D eigenvalue weighted by Gasteiger charge is 2.18. The van der Waals surface area contributed by atoms with Crippen molar-refractivity contribution in [3.63, 3.8) is 0 Å². The van der Waals surface area contributed by atoms with Crippen molar-refractivity contribution in [3.05, 3.63) is 89.4 Å². The van der Waals surface area contributed by atoms with E-state index in [1.165, 1.54) is 0 Å². The summed E-state index contributed by atoms with van der Waals surface area (Å²) in [5, 5.41) is 2.42. The molecule has 1 aliphatic rings. The second-order valence-corrected chi connectivity index (χ2v) is 5.05. The Labute approximate surface area is 133 Å². The van der Waals surface area contributed by atoms with Gasteiger partial charge in [0.05, 0.1) is 6.26 Å². The van der Waals surface area contributed by atoms with Gasteiger partial charge in [-0.1, -0.05) is 30.4 Å². The molecule has 23 heavy (non-hydrogen) atoms. The van der Waals surface area contributed by atoms with Crippen LogP contribution in [0.15, 0.2) is 82.5 Å². The zero-order valence-corrected chi connectivity index (χ0v) is 12.4. The molecule has 0 radical (unpaired) electrons. The predicted octanol–water partition coefficient (Wildman–Crippen LogP) is 3.51. The van der Waals surface area contributed by atoms with Crippen molar-refractivity contribution in [2.24, 2.45) is 0 Å². The molecule has 0 spiro atoms. The first-order chi connectivity index (χ1) is 11.2. The number of carbonyl (C=O) groups is 2. The lowest BCUT2D eigenvalue weighted by atomic mass is 9.96. The lowest BCUT2D eigenvalue weighted by Gasteiger charge is -2.13. The molecule has 4 heteroatoms. The number of hydrogen-bond donors (Lipinski definition) is 1. The van der Waals surface area contributed by atoms with Crippen molar-refractivity contribution in [2.75, 3.05) is 0 Å². The van der Waals surface area contributed by atoms with E-state index in [1.807, 2.05) is 24.3 Å². The Bertz CT molecular complexity index is 796. The molecule has 2 amide bonds. The Kier molecular flexibility index (Phi) is 4.34. The van der Waals surface area contributed by atoms with E-state index in [2.05, 4.69) is 5.32 Å². The molecule has 0 fully saturated rings. The number of furan rings is 1. The van der Waals surface area contributed by atoms with E-state index >= 15 is 0 Å². The number of benzene rings is 1. The average Bonchev–Trinajstić information content (AvgIpc) is 3.09. The SMILES string of the molecule is O=C(NC(=O)c1ccccc1)C1=CC=CCC1=Cc1ccco1. The zero-order chi connectivity index (χ0) is 16.1. The Balaban J connectivity index is 1.78. The fourth-order valence-electron chi connectivity index (χ4n) is 2.31.